The number of halogens is 1. The highest BCUT2D eigenvalue weighted by Gasteiger charge is 2.33. The molecule has 1 atom stereocenters. The predicted molar refractivity (Wildman–Crippen MR) is 132 cm³/mol. The number of benzene rings is 3. The average Bonchev–Trinajstić information content (AvgIpc) is 3.21. The second kappa shape index (κ2) is 8.32. The van der Waals surface area contributed by atoms with E-state index in [1.807, 2.05) is 48.2 Å². The monoisotopic (exact) mass is 485 g/mol. The van der Waals surface area contributed by atoms with Crippen molar-refractivity contribution in [1.29, 1.82) is 0 Å². The van der Waals surface area contributed by atoms with Gasteiger partial charge in [0.25, 0.3) is 0 Å². The molecule has 5 heteroatoms. The van der Waals surface area contributed by atoms with E-state index in [2.05, 4.69) is 81.4 Å². The number of rotatable bonds is 2. The molecule has 2 amide bonds. The molecule has 1 unspecified atom stereocenters. The number of para-hydroxylation sites is 1. The predicted octanol–water partition coefficient (Wildman–Crippen LogP) is 6.99. The first-order valence-electron chi connectivity index (χ1n) is 10.7. The number of aromatic nitrogens is 1. The maximum atomic E-state index is 13.7. The van der Waals surface area contributed by atoms with E-state index >= 15 is 0 Å². The highest BCUT2D eigenvalue weighted by atomic mass is 79.9. The van der Waals surface area contributed by atoms with Crippen LogP contribution in [0.4, 0.5) is 10.5 Å². The summed E-state index contributed by atoms with van der Waals surface area (Å²) in [7, 11) is 0. The van der Waals surface area contributed by atoms with Gasteiger partial charge in [0.1, 0.15) is 0 Å². The van der Waals surface area contributed by atoms with Gasteiger partial charge in [-0.2, -0.15) is 0 Å². The van der Waals surface area contributed by atoms with E-state index in [0.717, 1.165) is 38.2 Å². The third kappa shape index (κ3) is 3.73. The third-order valence-corrected chi connectivity index (χ3v) is 6.92. The molecule has 0 radical (unpaired) electrons. The molecule has 32 heavy (non-hydrogen) atoms. The highest BCUT2D eigenvalue weighted by Crippen LogP contribution is 2.37. The first-order chi connectivity index (χ1) is 15.5. The summed E-state index contributed by atoms with van der Waals surface area (Å²) in [6.07, 6.45) is 2.08. The molecule has 0 fully saturated rings. The van der Waals surface area contributed by atoms with Crippen LogP contribution in [0.25, 0.3) is 5.69 Å². The van der Waals surface area contributed by atoms with E-state index in [4.69, 9.17) is 0 Å². The smallest absolute Gasteiger partial charge is 0.318 e. The summed E-state index contributed by atoms with van der Waals surface area (Å²) >= 11 is 3.53. The number of nitrogens with one attached hydrogen (secondary N) is 1. The number of aryl methyl sites for hydroxylation is 2. The molecular weight excluding hydrogens is 462 g/mol. The summed E-state index contributed by atoms with van der Waals surface area (Å²) in [5.74, 6) is 0. The number of carbonyl (C=O) groups excluding carboxylic acids is 1. The Bertz CT molecular complexity index is 1290. The zero-order valence-corrected chi connectivity index (χ0v) is 19.6. The van der Waals surface area contributed by atoms with Gasteiger partial charge in [-0.1, -0.05) is 64.0 Å². The summed E-state index contributed by atoms with van der Waals surface area (Å²) in [5, 5.41) is 3.13. The molecule has 1 aromatic heterocycles. The molecule has 0 spiro atoms. The summed E-state index contributed by atoms with van der Waals surface area (Å²) in [5.41, 5.74) is 7.44. The van der Waals surface area contributed by atoms with Crippen LogP contribution >= 0.6 is 15.9 Å². The Kier molecular flexibility index (Phi) is 5.35. The van der Waals surface area contributed by atoms with Crippen LogP contribution in [-0.4, -0.2) is 15.5 Å². The number of nitrogens with zero attached hydrogens (tertiary/aromatic N) is 2. The van der Waals surface area contributed by atoms with Gasteiger partial charge in [-0.3, -0.25) is 0 Å². The van der Waals surface area contributed by atoms with Crippen molar-refractivity contribution in [3.05, 3.63) is 117 Å². The molecule has 0 saturated heterocycles. The van der Waals surface area contributed by atoms with E-state index in [9.17, 15) is 4.79 Å². The Morgan fingerprint density at radius 1 is 0.969 bits per heavy atom. The molecular formula is C27H24BrN3O. The lowest BCUT2D eigenvalue weighted by Crippen LogP contribution is -2.37. The molecule has 1 aliphatic heterocycles. The topological polar surface area (TPSA) is 37.3 Å². The number of amides is 2. The number of hydrogen-bond donors (Lipinski definition) is 1. The van der Waals surface area contributed by atoms with E-state index in [0.29, 0.717) is 6.54 Å². The van der Waals surface area contributed by atoms with Gasteiger partial charge in [0, 0.05) is 22.1 Å². The SMILES string of the molecule is Cc1ccc(C2c3cccn3-c3ccccc3CN2C(=O)Nc2ccc(Br)c(C)c2)cc1. The lowest BCUT2D eigenvalue weighted by Gasteiger charge is -2.31. The molecule has 0 saturated carbocycles. The minimum Gasteiger partial charge on any atom is -0.318 e. The molecule has 1 N–H and O–H groups in total. The van der Waals surface area contributed by atoms with Crippen molar-refractivity contribution < 1.29 is 4.79 Å². The van der Waals surface area contributed by atoms with Gasteiger partial charge in [-0.15, -0.1) is 0 Å². The largest absolute Gasteiger partial charge is 0.322 e. The minimum absolute atomic E-state index is 0.123. The van der Waals surface area contributed by atoms with Crippen LogP contribution < -0.4 is 5.32 Å². The summed E-state index contributed by atoms with van der Waals surface area (Å²) in [6.45, 7) is 4.61. The Morgan fingerprint density at radius 2 is 1.75 bits per heavy atom. The average molecular weight is 486 g/mol. The van der Waals surface area contributed by atoms with Crippen molar-refractivity contribution in [2.45, 2.75) is 26.4 Å². The van der Waals surface area contributed by atoms with Crippen LogP contribution in [-0.2, 0) is 6.54 Å². The normalized spacial score (nSPS) is 15.0. The molecule has 3 aromatic carbocycles. The number of anilines is 1. The van der Waals surface area contributed by atoms with E-state index < -0.39 is 0 Å². The molecule has 160 valence electrons. The number of fused-ring (bicyclic) bond motifs is 3. The summed E-state index contributed by atoms with van der Waals surface area (Å²) < 4.78 is 3.23. The summed E-state index contributed by atoms with van der Waals surface area (Å²) in [4.78, 5) is 15.6. The van der Waals surface area contributed by atoms with Crippen molar-refractivity contribution in [3.63, 3.8) is 0 Å². The van der Waals surface area contributed by atoms with Crippen LogP contribution in [0.15, 0.2) is 89.5 Å². The van der Waals surface area contributed by atoms with Gasteiger partial charge in [0.15, 0.2) is 0 Å². The molecule has 5 rings (SSSR count). The second-order valence-corrected chi connectivity index (χ2v) is 9.12. The molecule has 4 nitrogen and oxygen atoms in total. The molecule has 0 aliphatic carbocycles. The zero-order valence-electron chi connectivity index (χ0n) is 18.0. The number of urea groups is 1. The van der Waals surface area contributed by atoms with Gasteiger partial charge >= 0.3 is 6.03 Å². The van der Waals surface area contributed by atoms with Crippen molar-refractivity contribution in [1.82, 2.24) is 9.47 Å². The van der Waals surface area contributed by atoms with Gasteiger partial charge in [-0.25, -0.2) is 4.79 Å². The first kappa shape index (κ1) is 20.6. The van der Waals surface area contributed by atoms with Crippen molar-refractivity contribution in [2.75, 3.05) is 5.32 Å². The fourth-order valence-corrected chi connectivity index (χ4v) is 4.60. The van der Waals surface area contributed by atoms with Gasteiger partial charge < -0.3 is 14.8 Å². The Labute approximate surface area is 196 Å². The van der Waals surface area contributed by atoms with Crippen molar-refractivity contribution in [3.8, 4) is 5.69 Å². The number of carbonyl (C=O) groups is 1. The molecule has 2 heterocycles. The van der Waals surface area contributed by atoms with Crippen LogP contribution in [0.2, 0.25) is 0 Å². The van der Waals surface area contributed by atoms with E-state index in [1.165, 1.54) is 5.56 Å². The quantitative estimate of drug-likeness (QED) is 0.326. The van der Waals surface area contributed by atoms with E-state index in [-0.39, 0.29) is 12.1 Å². The van der Waals surface area contributed by atoms with Crippen LogP contribution in [0.5, 0.6) is 0 Å². The Hall–Kier alpha value is -3.31. The molecule has 4 aromatic rings. The lowest BCUT2D eigenvalue weighted by molar-refractivity contribution is 0.194. The third-order valence-electron chi connectivity index (χ3n) is 6.03. The molecule has 0 bridgehead atoms. The Morgan fingerprint density at radius 3 is 2.53 bits per heavy atom. The second-order valence-electron chi connectivity index (χ2n) is 8.27. The fourth-order valence-electron chi connectivity index (χ4n) is 4.36. The maximum absolute atomic E-state index is 13.7. The van der Waals surface area contributed by atoms with Crippen LogP contribution in [0.3, 0.4) is 0 Å². The van der Waals surface area contributed by atoms with Gasteiger partial charge in [-0.05, 0) is 66.9 Å². The minimum atomic E-state index is -0.213. The van der Waals surface area contributed by atoms with Crippen molar-refractivity contribution >= 4 is 27.6 Å². The van der Waals surface area contributed by atoms with Crippen LogP contribution in [0, 0.1) is 13.8 Å². The number of hydrogen-bond acceptors (Lipinski definition) is 1. The van der Waals surface area contributed by atoms with Gasteiger partial charge in [0.2, 0.25) is 0 Å². The summed E-state index contributed by atoms with van der Waals surface area (Å²) in [6, 6.07) is 26.4. The van der Waals surface area contributed by atoms with Crippen LogP contribution in [0.1, 0.15) is 34.0 Å². The fraction of sp³-hybridized carbons (Fsp3) is 0.148. The highest BCUT2D eigenvalue weighted by molar-refractivity contribution is 9.10. The van der Waals surface area contributed by atoms with Gasteiger partial charge in [0.05, 0.1) is 18.3 Å². The van der Waals surface area contributed by atoms with Crippen molar-refractivity contribution in [2.24, 2.45) is 0 Å². The van der Waals surface area contributed by atoms with E-state index in [1.54, 1.807) is 0 Å². The lowest BCUT2D eigenvalue weighted by atomic mass is 10.0. The Balaban J connectivity index is 1.61. The maximum Gasteiger partial charge on any atom is 0.322 e. The standard InChI is InChI=1S/C27H24BrN3O/c1-18-9-11-20(12-10-18)26-25-8-5-15-30(25)24-7-4-3-6-21(24)17-31(26)27(32)29-22-13-14-23(28)19(2)16-22/h3-16,26H,17H2,1-2H3,(H,29,32). The molecule has 1 aliphatic rings. The zero-order chi connectivity index (χ0) is 22.2. The first-order valence-corrected chi connectivity index (χ1v) is 11.5.